The molecule has 1 aromatic rings. The summed E-state index contributed by atoms with van der Waals surface area (Å²) in [6.45, 7) is 2.14. The fraction of sp³-hybridized carbons (Fsp3) is 0.500. The molecule has 0 unspecified atom stereocenters. The first kappa shape index (κ1) is 13.4. The van der Waals surface area contributed by atoms with Crippen LogP contribution in [0, 0.1) is 6.92 Å². The number of carbonyl (C=O) groups excluding carboxylic acids is 1. The fourth-order valence-electron chi connectivity index (χ4n) is 1.38. The van der Waals surface area contributed by atoms with Gasteiger partial charge in [-0.15, -0.1) is 0 Å². The first-order chi connectivity index (χ1) is 8.17. The number of nitrogens with one attached hydrogen (secondary N) is 1. The molecular weight excluding hydrogens is 220 g/mol. The standard InChI is InChI=1S/C12H18N2O3/c1-9-5-6-11(10(8-15)14-9)17-7-3-4-12(16)13-2/h5-6,15H,3-4,7-8H2,1-2H3,(H,13,16). The van der Waals surface area contributed by atoms with Gasteiger partial charge in [0.1, 0.15) is 11.4 Å². The largest absolute Gasteiger partial charge is 0.492 e. The van der Waals surface area contributed by atoms with Crippen LogP contribution in [0.3, 0.4) is 0 Å². The molecule has 94 valence electrons. The lowest BCUT2D eigenvalue weighted by Gasteiger charge is -2.09. The number of hydrogen-bond donors (Lipinski definition) is 2. The van der Waals surface area contributed by atoms with E-state index < -0.39 is 0 Å². The van der Waals surface area contributed by atoms with Gasteiger partial charge in [0.2, 0.25) is 5.91 Å². The van der Waals surface area contributed by atoms with Crippen molar-refractivity contribution in [2.75, 3.05) is 13.7 Å². The highest BCUT2D eigenvalue weighted by atomic mass is 16.5. The Morgan fingerprint density at radius 2 is 2.29 bits per heavy atom. The second-order valence-electron chi connectivity index (χ2n) is 3.68. The Morgan fingerprint density at radius 3 is 2.94 bits per heavy atom. The van der Waals surface area contributed by atoms with E-state index in [1.54, 1.807) is 13.1 Å². The number of hydrogen-bond acceptors (Lipinski definition) is 4. The van der Waals surface area contributed by atoms with E-state index in [0.29, 0.717) is 30.9 Å². The third-order valence-corrected chi connectivity index (χ3v) is 2.31. The lowest BCUT2D eigenvalue weighted by atomic mass is 10.3. The second-order valence-corrected chi connectivity index (χ2v) is 3.68. The third-order valence-electron chi connectivity index (χ3n) is 2.31. The number of pyridine rings is 1. The molecule has 0 fully saturated rings. The predicted octanol–water partition coefficient (Wildman–Crippen LogP) is 0.787. The summed E-state index contributed by atoms with van der Waals surface area (Å²) in [7, 11) is 1.61. The summed E-state index contributed by atoms with van der Waals surface area (Å²) in [5.74, 6) is 0.577. The zero-order chi connectivity index (χ0) is 12.7. The van der Waals surface area contributed by atoms with Gasteiger partial charge in [-0.3, -0.25) is 9.78 Å². The van der Waals surface area contributed by atoms with Crippen molar-refractivity contribution in [3.05, 3.63) is 23.5 Å². The average molecular weight is 238 g/mol. The molecule has 0 atom stereocenters. The monoisotopic (exact) mass is 238 g/mol. The molecule has 0 saturated heterocycles. The third kappa shape index (κ3) is 4.40. The van der Waals surface area contributed by atoms with Gasteiger partial charge in [-0.05, 0) is 25.5 Å². The van der Waals surface area contributed by atoms with Gasteiger partial charge in [0.15, 0.2) is 0 Å². The van der Waals surface area contributed by atoms with Crippen LogP contribution in [-0.4, -0.2) is 29.7 Å². The molecule has 0 aliphatic heterocycles. The second kappa shape index (κ2) is 6.85. The van der Waals surface area contributed by atoms with E-state index in [4.69, 9.17) is 9.84 Å². The molecule has 5 nitrogen and oxygen atoms in total. The van der Waals surface area contributed by atoms with Crippen molar-refractivity contribution in [1.82, 2.24) is 10.3 Å². The molecule has 0 aliphatic rings. The summed E-state index contributed by atoms with van der Waals surface area (Å²) >= 11 is 0. The topological polar surface area (TPSA) is 71.5 Å². The number of aromatic nitrogens is 1. The first-order valence-corrected chi connectivity index (χ1v) is 5.58. The van der Waals surface area contributed by atoms with Crippen LogP contribution >= 0.6 is 0 Å². The summed E-state index contributed by atoms with van der Waals surface area (Å²) in [6.07, 6.45) is 1.07. The molecule has 2 N–H and O–H groups in total. The quantitative estimate of drug-likeness (QED) is 0.719. The highest BCUT2D eigenvalue weighted by Crippen LogP contribution is 2.17. The lowest BCUT2D eigenvalue weighted by molar-refractivity contribution is -0.120. The maximum absolute atomic E-state index is 11.0. The van der Waals surface area contributed by atoms with E-state index in [-0.39, 0.29) is 12.5 Å². The highest BCUT2D eigenvalue weighted by Gasteiger charge is 2.05. The summed E-state index contributed by atoms with van der Waals surface area (Å²) < 4.78 is 5.48. The first-order valence-electron chi connectivity index (χ1n) is 5.58. The molecule has 0 aromatic carbocycles. The van der Waals surface area contributed by atoms with E-state index in [9.17, 15) is 4.79 Å². The number of ether oxygens (including phenoxy) is 1. The van der Waals surface area contributed by atoms with Crippen molar-refractivity contribution in [2.45, 2.75) is 26.4 Å². The van der Waals surface area contributed by atoms with Crippen molar-refractivity contribution in [3.8, 4) is 5.75 Å². The van der Waals surface area contributed by atoms with Crippen LogP contribution in [0.2, 0.25) is 0 Å². The molecule has 1 rings (SSSR count). The van der Waals surface area contributed by atoms with Crippen LogP contribution in [0.1, 0.15) is 24.2 Å². The zero-order valence-electron chi connectivity index (χ0n) is 10.2. The van der Waals surface area contributed by atoms with Gasteiger partial charge in [-0.1, -0.05) is 0 Å². The van der Waals surface area contributed by atoms with Crippen LogP contribution in [-0.2, 0) is 11.4 Å². The summed E-state index contributed by atoms with van der Waals surface area (Å²) in [5.41, 5.74) is 1.37. The van der Waals surface area contributed by atoms with Gasteiger partial charge in [0.05, 0.1) is 13.2 Å². The lowest BCUT2D eigenvalue weighted by Crippen LogP contribution is -2.18. The predicted molar refractivity (Wildman–Crippen MR) is 63.7 cm³/mol. The van der Waals surface area contributed by atoms with Crippen LogP contribution in [0.25, 0.3) is 0 Å². The van der Waals surface area contributed by atoms with Crippen LogP contribution < -0.4 is 10.1 Å². The fourth-order valence-corrected chi connectivity index (χ4v) is 1.38. The summed E-state index contributed by atoms with van der Waals surface area (Å²) in [4.78, 5) is 15.1. The smallest absolute Gasteiger partial charge is 0.219 e. The maximum atomic E-state index is 11.0. The van der Waals surface area contributed by atoms with Crippen LogP contribution in [0.5, 0.6) is 5.75 Å². The average Bonchev–Trinajstić information content (AvgIpc) is 2.35. The summed E-state index contributed by atoms with van der Waals surface area (Å²) in [6, 6.07) is 3.61. The molecule has 1 aromatic heterocycles. The number of rotatable bonds is 6. The Labute approximate surface area is 101 Å². The minimum absolute atomic E-state index is 0.00184. The van der Waals surface area contributed by atoms with Crippen molar-refractivity contribution >= 4 is 5.91 Å². The Morgan fingerprint density at radius 1 is 1.53 bits per heavy atom. The van der Waals surface area contributed by atoms with Gasteiger partial charge in [0, 0.05) is 19.2 Å². The SMILES string of the molecule is CNC(=O)CCCOc1ccc(C)nc1CO. The molecule has 1 amide bonds. The van der Waals surface area contributed by atoms with E-state index in [0.717, 1.165) is 5.69 Å². The van der Waals surface area contributed by atoms with Crippen LogP contribution in [0.4, 0.5) is 0 Å². The van der Waals surface area contributed by atoms with Crippen molar-refractivity contribution in [2.24, 2.45) is 0 Å². The summed E-state index contributed by atoms with van der Waals surface area (Å²) in [5, 5.41) is 11.7. The van der Waals surface area contributed by atoms with Crippen molar-refractivity contribution < 1.29 is 14.6 Å². The Hall–Kier alpha value is -1.62. The minimum Gasteiger partial charge on any atom is -0.492 e. The van der Waals surface area contributed by atoms with Crippen molar-refractivity contribution in [1.29, 1.82) is 0 Å². The highest BCUT2D eigenvalue weighted by molar-refractivity contribution is 5.75. The van der Waals surface area contributed by atoms with E-state index >= 15 is 0 Å². The van der Waals surface area contributed by atoms with Gasteiger partial charge in [-0.2, -0.15) is 0 Å². The minimum atomic E-state index is -0.146. The molecule has 0 spiro atoms. The van der Waals surface area contributed by atoms with Gasteiger partial charge >= 0.3 is 0 Å². The Bertz CT molecular complexity index is 380. The number of aliphatic hydroxyl groups is 1. The Balaban J connectivity index is 2.43. The molecule has 0 bridgehead atoms. The van der Waals surface area contributed by atoms with Crippen molar-refractivity contribution in [3.63, 3.8) is 0 Å². The number of carbonyl (C=O) groups is 1. The normalized spacial score (nSPS) is 10.1. The maximum Gasteiger partial charge on any atom is 0.219 e. The number of aryl methyl sites for hydroxylation is 1. The molecule has 1 heterocycles. The van der Waals surface area contributed by atoms with E-state index in [2.05, 4.69) is 10.3 Å². The number of nitrogens with zero attached hydrogens (tertiary/aromatic N) is 1. The molecule has 5 heteroatoms. The van der Waals surface area contributed by atoms with E-state index in [1.165, 1.54) is 0 Å². The Kier molecular flexibility index (Phi) is 5.42. The number of amides is 1. The molecule has 0 aliphatic carbocycles. The van der Waals surface area contributed by atoms with Gasteiger partial charge < -0.3 is 15.2 Å². The molecular formula is C12H18N2O3. The van der Waals surface area contributed by atoms with Crippen LogP contribution in [0.15, 0.2) is 12.1 Å². The zero-order valence-corrected chi connectivity index (χ0v) is 10.2. The van der Waals surface area contributed by atoms with Gasteiger partial charge in [-0.25, -0.2) is 0 Å². The molecule has 17 heavy (non-hydrogen) atoms. The number of aliphatic hydroxyl groups excluding tert-OH is 1. The molecule has 0 saturated carbocycles. The molecule has 0 radical (unpaired) electrons. The van der Waals surface area contributed by atoms with E-state index in [1.807, 2.05) is 13.0 Å². The van der Waals surface area contributed by atoms with Gasteiger partial charge in [0.25, 0.3) is 0 Å².